The Balaban J connectivity index is 2.03. The van der Waals surface area contributed by atoms with Crippen LogP contribution in [0.3, 0.4) is 0 Å². The third kappa shape index (κ3) is 4.18. The zero-order valence-electron chi connectivity index (χ0n) is 12.4. The summed E-state index contributed by atoms with van der Waals surface area (Å²) in [5, 5.41) is 8.69. The van der Waals surface area contributed by atoms with Gasteiger partial charge in [0.15, 0.2) is 0 Å². The van der Waals surface area contributed by atoms with Gasteiger partial charge in [0, 0.05) is 13.6 Å². The molecule has 1 aromatic rings. The average molecular weight is 313 g/mol. The topological polar surface area (TPSA) is 66.8 Å². The van der Waals surface area contributed by atoms with Gasteiger partial charge in [-0.3, -0.25) is 0 Å². The van der Waals surface area contributed by atoms with E-state index >= 15 is 0 Å². The summed E-state index contributed by atoms with van der Waals surface area (Å²) in [6.07, 6.45) is 4.65. The van der Waals surface area contributed by atoms with Crippen LogP contribution < -0.4 is 4.74 Å². The number of aliphatic hydroxyl groups excluding tert-OH is 1. The van der Waals surface area contributed by atoms with Crippen LogP contribution in [0.25, 0.3) is 0 Å². The molecule has 0 spiro atoms. The summed E-state index contributed by atoms with van der Waals surface area (Å²) < 4.78 is 31.7. The van der Waals surface area contributed by atoms with Crippen LogP contribution >= 0.6 is 0 Å². The second kappa shape index (κ2) is 7.24. The SMILES string of the molecule is CN(CC1CCCC1)S(=O)(=O)c1ccc(OCCO)cc1. The van der Waals surface area contributed by atoms with Gasteiger partial charge in [0.2, 0.25) is 10.0 Å². The van der Waals surface area contributed by atoms with Crippen molar-refractivity contribution in [3.8, 4) is 5.75 Å². The van der Waals surface area contributed by atoms with Gasteiger partial charge in [-0.05, 0) is 43.0 Å². The molecule has 0 unspecified atom stereocenters. The monoisotopic (exact) mass is 313 g/mol. The number of sulfonamides is 1. The van der Waals surface area contributed by atoms with Gasteiger partial charge in [-0.15, -0.1) is 0 Å². The molecule has 1 aliphatic rings. The predicted octanol–water partition coefficient (Wildman–Crippen LogP) is 1.87. The molecule has 5 nitrogen and oxygen atoms in total. The molecule has 0 aromatic heterocycles. The molecule has 1 aromatic carbocycles. The fourth-order valence-electron chi connectivity index (χ4n) is 2.71. The summed E-state index contributed by atoms with van der Waals surface area (Å²) in [6.45, 7) is 0.725. The first-order chi connectivity index (χ1) is 10.0. The second-order valence-corrected chi connectivity index (χ2v) is 7.52. The molecule has 2 rings (SSSR count). The Labute approximate surface area is 126 Å². The lowest BCUT2D eigenvalue weighted by atomic mass is 10.1. The van der Waals surface area contributed by atoms with Crippen LogP contribution in [0.15, 0.2) is 29.2 Å². The van der Waals surface area contributed by atoms with Crippen molar-refractivity contribution < 1.29 is 18.3 Å². The van der Waals surface area contributed by atoms with Crippen molar-refractivity contribution in [1.82, 2.24) is 4.31 Å². The number of ether oxygens (including phenoxy) is 1. The van der Waals surface area contributed by atoms with Crippen molar-refractivity contribution in [3.63, 3.8) is 0 Å². The van der Waals surface area contributed by atoms with E-state index in [4.69, 9.17) is 9.84 Å². The van der Waals surface area contributed by atoms with E-state index < -0.39 is 10.0 Å². The van der Waals surface area contributed by atoms with Gasteiger partial charge in [0.25, 0.3) is 0 Å². The minimum Gasteiger partial charge on any atom is -0.491 e. The fourth-order valence-corrected chi connectivity index (χ4v) is 3.95. The maximum Gasteiger partial charge on any atom is 0.242 e. The Morgan fingerprint density at radius 3 is 2.43 bits per heavy atom. The number of hydrogen-bond donors (Lipinski definition) is 1. The van der Waals surface area contributed by atoms with Gasteiger partial charge in [-0.1, -0.05) is 12.8 Å². The first-order valence-corrected chi connectivity index (χ1v) is 8.78. The summed E-state index contributed by atoms with van der Waals surface area (Å²) in [7, 11) is -1.79. The molecule has 1 N–H and O–H groups in total. The van der Waals surface area contributed by atoms with Crippen molar-refractivity contribution in [2.45, 2.75) is 30.6 Å². The average Bonchev–Trinajstić information content (AvgIpc) is 2.98. The quantitative estimate of drug-likeness (QED) is 0.834. The molecule has 0 bridgehead atoms. The third-order valence-corrected chi connectivity index (χ3v) is 5.72. The molecule has 21 heavy (non-hydrogen) atoms. The van der Waals surface area contributed by atoms with E-state index in [-0.39, 0.29) is 18.1 Å². The van der Waals surface area contributed by atoms with Crippen molar-refractivity contribution >= 4 is 10.0 Å². The lowest BCUT2D eigenvalue weighted by Gasteiger charge is -2.20. The standard InChI is InChI=1S/C15H23NO4S/c1-16(12-13-4-2-3-5-13)21(18,19)15-8-6-14(7-9-15)20-11-10-17/h6-9,13,17H,2-5,10-12H2,1H3. The Hall–Kier alpha value is -1.11. The molecule has 1 aliphatic carbocycles. The van der Waals surface area contributed by atoms with E-state index in [1.54, 1.807) is 31.3 Å². The Morgan fingerprint density at radius 1 is 1.24 bits per heavy atom. The number of nitrogens with zero attached hydrogens (tertiary/aromatic N) is 1. The molecule has 0 aliphatic heterocycles. The number of benzene rings is 1. The molecule has 118 valence electrons. The highest BCUT2D eigenvalue weighted by molar-refractivity contribution is 7.89. The van der Waals surface area contributed by atoms with Gasteiger partial charge in [-0.25, -0.2) is 12.7 Å². The smallest absolute Gasteiger partial charge is 0.242 e. The fraction of sp³-hybridized carbons (Fsp3) is 0.600. The minimum absolute atomic E-state index is 0.0653. The predicted molar refractivity (Wildman–Crippen MR) is 80.8 cm³/mol. The molecular formula is C15H23NO4S. The van der Waals surface area contributed by atoms with Crippen LogP contribution in [0.2, 0.25) is 0 Å². The van der Waals surface area contributed by atoms with Crippen molar-refractivity contribution in [2.75, 3.05) is 26.8 Å². The van der Waals surface area contributed by atoms with Crippen LogP contribution in [-0.4, -0.2) is 44.6 Å². The van der Waals surface area contributed by atoms with E-state index in [9.17, 15) is 8.42 Å². The summed E-state index contributed by atoms with van der Waals surface area (Å²) in [5.74, 6) is 1.04. The molecule has 1 fully saturated rings. The van der Waals surface area contributed by atoms with Gasteiger partial charge < -0.3 is 9.84 Å². The number of rotatable bonds is 7. The molecule has 0 atom stereocenters. The molecule has 0 radical (unpaired) electrons. The highest BCUT2D eigenvalue weighted by atomic mass is 32.2. The second-order valence-electron chi connectivity index (χ2n) is 5.48. The third-order valence-electron chi connectivity index (χ3n) is 3.88. The highest BCUT2D eigenvalue weighted by Crippen LogP contribution is 2.27. The van der Waals surface area contributed by atoms with Crippen LogP contribution in [0.1, 0.15) is 25.7 Å². The van der Waals surface area contributed by atoms with Crippen LogP contribution in [0, 0.1) is 5.92 Å². The summed E-state index contributed by atoms with van der Waals surface area (Å²) in [5.41, 5.74) is 0. The zero-order chi connectivity index (χ0) is 15.3. The Bertz CT molecular complexity index is 535. The van der Waals surface area contributed by atoms with Crippen molar-refractivity contribution in [1.29, 1.82) is 0 Å². The van der Waals surface area contributed by atoms with Gasteiger partial charge in [0.05, 0.1) is 11.5 Å². The molecule has 1 saturated carbocycles. The van der Waals surface area contributed by atoms with Crippen molar-refractivity contribution in [2.24, 2.45) is 5.92 Å². The summed E-state index contributed by atoms with van der Waals surface area (Å²) in [4.78, 5) is 0.277. The van der Waals surface area contributed by atoms with E-state index in [0.717, 1.165) is 12.8 Å². The van der Waals surface area contributed by atoms with Crippen LogP contribution in [-0.2, 0) is 10.0 Å². The molecule has 0 saturated heterocycles. The minimum atomic E-state index is -3.44. The maximum atomic E-state index is 12.5. The van der Waals surface area contributed by atoms with Crippen molar-refractivity contribution in [3.05, 3.63) is 24.3 Å². The van der Waals surface area contributed by atoms with E-state index in [1.807, 2.05) is 0 Å². The van der Waals surface area contributed by atoms with Gasteiger partial charge in [-0.2, -0.15) is 0 Å². The highest BCUT2D eigenvalue weighted by Gasteiger charge is 2.25. The first kappa shape index (κ1) is 16.3. The lowest BCUT2D eigenvalue weighted by molar-refractivity contribution is 0.201. The largest absolute Gasteiger partial charge is 0.491 e. The van der Waals surface area contributed by atoms with E-state index in [1.165, 1.54) is 17.1 Å². The maximum absolute atomic E-state index is 12.5. The molecule has 0 amide bonds. The number of hydrogen-bond acceptors (Lipinski definition) is 4. The van der Waals surface area contributed by atoms with Gasteiger partial charge >= 0.3 is 0 Å². The van der Waals surface area contributed by atoms with E-state index in [2.05, 4.69) is 0 Å². The first-order valence-electron chi connectivity index (χ1n) is 7.34. The van der Waals surface area contributed by atoms with Gasteiger partial charge in [0.1, 0.15) is 12.4 Å². The summed E-state index contributed by atoms with van der Waals surface area (Å²) >= 11 is 0. The molecule has 0 heterocycles. The van der Waals surface area contributed by atoms with Crippen LogP contribution in [0.4, 0.5) is 0 Å². The normalized spacial score (nSPS) is 16.5. The Kier molecular flexibility index (Phi) is 5.61. The Morgan fingerprint density at radius 2 is 1.86 bits per heavy atom. The zero-order valence-corrected chi connectivity index (χ0v) is 13.2. The number of aliphatic hydroxyl groups is 1. The van der Waals surface area contributed by atoms with Crippen LogP contribution in [0.5, 0.6) is 5.75 Å². The lowest BCUT2D eigenvalue weighted by Crippen LogP contribution is -2.31. The molecule has 6 heteroatoms. The molecular weight excluding hydrogens is 290 g/mol. The summed E-state index contributed by atoms with van der Waals surface area (Å²) in [6, 6.07) is 6.33. The van der Waals surface area contributed by atoms with E-state index in [0.29, 0.717) is 18.2 Å².